The molecule has 0 amide bonds. The third-order valence-corrected chi connectivity index (χ3v) is 4.09. The molecule has 0 spiro atoms. The first-order valence-electron chi connectivity index (χ1n) is 8.57. The highest BCUT2D eigenvalue weighted by Gasteiger charge is 2.24. The summed E-state index contributed by atoms with van der Waals surface area (Å²) in [6.45, 7) is 8.46. The number of ether oxygens (including phenoxy) is 1. The summed E-state index contributed by atoms with van der Waals surface area (Å²) in [7, 11) is 0. The molecule has 26 heavy (non-hydrogen) atoms. The van der Waals surface area contributed by atoms with Crippen LogP contribution in [0.4, 0.5) is 0 Å². The molecule has 0 fully saturated rings. The van der Waals surface area contributed by atoms with E-state index in [1.807, 2.05) is 33.8 Å². The summed E-state index contributed by atoms with van der Waals surface area (Å²) in [5, 5.41) is 15.0. The molecule has 0 aliphatic heterocycles. The molecule has 0 saturated carbocycles. The Balaban J connectivity index is 2.36. The summed E-state index contributed by atoms with van der Waals surface area (Å²) in [4.78, 5) is 20.9. The molecule has 3 rings (SSSR count). The zero-order valence-corrected chi connectivity index (χ0v) is 15.4. The van der Waals surface area contributed by atoms with Crippen molar-refractivity contribution in [1.29, 1.82) is 0 Å². The van der Waals surface area contributed by atoms with Crippen LogP contribution in [0.1, 0.15) is 42.4 Å². The number of hydrogen-bond donors (Lipinski definition) is 1. The van der Waals surface area contributed by atoms with Gasteiger partial charge in [0.05, 0.1) is 30.2 Å². The zero-order chi connectivity index (χ0) is 18.8. The summed E-state index contributed by atoms with van der Waals surface area (Å²) < 4.78 is 7.42. The van der Waals surface area contributed by atoms with Crippen LogP contribution in [-0.4, -0.2) is 36.9 Å². The maximum Gasteiger partial charge on any atom is 0.338 e. The summed E-state index contributed by atoms with van der Waals surface area (Å²) in [5.74, 6) is -1.04. The van der Waals surface area contributed by atoms with E-state index in [0.29, 0.717) is 28.8 Å². The Morgan fingerprint density at radius 2 is 2.08 bits per heavy atom. The molecule has 0 aliphatic rings. The van der Waals surface area contributed by atoms with Crippen LogP contribution in [0.3, 0.4) is 0 Å². The number of carbonyl (C=O) groups is 1. The molecule has 1 N–H and O–H groups in total. The molecule has 0 atom stereocenters. The smallest absolute Gasteiger partial charge is 0.338 e. The van der Waals surface area contributed by atoms with Crippen molar-refractivity contribution in [1.82, 2.24) is 19.7 Å². The maximum absolute atomic E-state index is 12.1. The molecule has 0 aromatic carbocycles. The molecule has 3 aromatic heterocycles. The number of fused-ring (bicyclic) bond motifs is 1. The van der Waals surface area contributed by atoms with E-state index in [-0.39, 0.29) is 18.3 Å². The Morgan fingerprint density at radius 3 is 2.69 bits per heavy atom. The van der Waals surface area contributed by atoms with Crippen LogP contribution >= 0.6 is 0 Å². The molecule has 0 aliphatic carbocycles. The molecule has 0 saturated heterocycles. The number of carboxylic acid groups (broad SMARTS) is 1. The van der Waals surface area contributed by atoms with Crippen molar-refractivity contribution >= 4 is 17.0 Å². The van der Waals surface area contributed by atoms with E-state index in [9.17, 15) is 9.90 Å². The molecule has 7 nitrogen and oxygen atoms in total. The molecule has 136 valence electrons. The van der Waals surface area contributed by atoms with Crippen molar-refractivity contribution in [2.24, 2.45) is 0 Å². The van der Waals surface area contributed by atoms with Crippen molar-refractivity contribution in [3.05, 3.63) is 41.5 Å². The second-order valence-corrected chi connectivity index (χ2v) is 6.42. The lowest BCUT2D eigenvalue weighted by Crippen LogP contribution is -2.13. The normalized spacial score (nSPS) is 11.4. The third kappa shape index (κ3) is 3.30. The lowest BCUT2D eigenvalue weighted by atomic mass is 9.96. The Morgan fingerprint density at radius 1 is 1.31 bits per heavy atom. The Kier molecular flexibility index (Phi) is 4.99. The SMILES string of the molecule is CCn1ncc2c(-c3cncc(C)c3)c(C(=O)O)c(COC(C)C)nc21. The van der Waals surface area contributed by atoms with Gasteiger partial charge < -0.3 is 9.84 Å². The monoisotopic (exact) mass is 354 g/mol. The van der Waals surface area contributed by atoms with Crippen LogP contribution in [-0.2, 0) is 17.9 Å². The molecule has 7 heteroatoms. The number of aromatic carboxylic acids is 1. The van der Waals surface area contributed by atoms with Crippen molar-refractivity contribution in [3.63, 3.8) is 0 Å². The van der Waals surface area contributed by atoms with Gasteiger partial charge in [0, 0.05) is 35.5 Å². The average molecular weight is 354 g/mol. The fourth-order valence-electron chi connectivity index (χ4n) is 2.94. The largest absolute Gasteiger partial charge is 0.478 e. The number of pyridine rings is 2. The lowest BCUT2D eigenvalue weighted by Gasteiger charge is -2.15. The predicted molar refractivity (Wildman–Crippen MR) is 98.1 cm³/mol. The Labute approximate surface area is 151 Å². The lowest BCUT2D eigenvalue weighted by molar-refractivity contribution is 0.0591. The number of hydrogen-bond acceptors (Lipinski definition) is 5. The number of nitrogens with zero attached hydrogens (tertiary/aromatic N) is 4. The molecular formula is C19H22N4O3. The van der Waals surface area contributed by atoms with Crippen molar-refractivity contribution in [3.8, 4) is 11.1 Å². The highest BCUT2D eigenvalue weighted by molar-refractivity contribution is 6.06. The van der Waals surface area contributed by atoms with Gasteiger partial charge in [-0.15, -0.1) is 0 Å². The minimum atomic E-state index is -1.04. The van der Waals surface area contributed by atoms with Gasteiger partial charge in [0.15, 0.2) is 5.65 Å². The van der Waals surface area contributed by atoms with Gasteiger partial charge in [-0.3, -0.25) is 4.98 Å². The predicted octanol–water partition coefficient (Wildman–Crippen LogP) is 3.44. The highest BCUT2D eigenvalue weighted by Crippen LogP contribution is 2.33. The number of aromatic nitrogens is 4. The second-order valence-electron chi connectivity index (χ2n) is 6.42. The second kappa shape index (κ2) is 7.21. The van der Waals surface area contributed by atoms with E-state index < -0.39 is 5.97 Å². The van der Waals surface area contributed by atoms with Gasteiger partial charge in [0.1, 0.15) is 0 Å². The first-order valence-corrected chi connectivity index (χ1v) is 8.57. The van der Waals surface area contributed by atoms with E-state index in [1.54, 1.807) is 23.3 Å². The van der Waals surface area contributed by atoms with Crippen LogP contribution in [0.5, 0.6) is 0 Å². The topological polar surface area (TPSA) is 90.1 Å². The van der Waals surface area contributed by atoms with Crippen LogP contribution in [0.2, 0.25) is 0 Å². The average Bonchev–Trinajstić information content (AvgIpc) is 3.00. The van der Waals surface area contributed by atoms with Crippen LogP contribution in [0, 0.1) is 6.92 Å². The van der Waals surface area contributed by atoms with Crippen LogP contribution < -0.4 is 0 Å². The fraction of sp³-hybridized carbons (Fsp3) is 0.368. The minimum absolute atomic E-state index is 0.0330. The standard InChI is InChI=1S/C19H22N4O3/c1-5-23-18-14(9-21-23)16(13-6-12(4)7-20-8-13)17(19(24)25)15(22-18)10-26-11(2)3/h6-9,11H,5,10H2,1-4H3,(H,24,25). The summed E-state index contributed by atoms with van der Waals surface area (Å²) in [5.41, 5.74) is 3.45. The third-order valence-electron chi connectivity index (χ3n) is 4.09. The first-order chi connectivity index (χ1) is 12.4. The summed E-state index contributed by atoms with van der Waals surface area (Å²) in [6.07, 6.45) is 5.04. The first kappa shape index (κ1) is 18.0. The van der Waals surface area contributed by atoms with Crippen molar-refractivity contribution in [2.45, 2.75) is 47.0 Å². The van der Waals surface area contributed by atoms with E-state index >= 15 is 0 Å². The maximum atomic E-state index is 12.1. The fourth-order valence-corrected chi connectivity index (χ4v) is 2.94. The van der Waals surface area contributed by atoms with Gasteiger partial charge in [-0.1, -0.05) is 0 Å². The molecule has 3 heterocycles. The van der Waals surface area contributed by atoms with E-state index in [2.05, 4.69) is 15.1 Å². The van der Waals surface area contributed by atoms with E-state index in [4.69, 9.17) is 4.74 Å². The molecule has 3 aromatic rings. The minimum Gasteiger partial charge on any atom is -0.478 e. The zero-order valence-electron chi connectivity index (χ0n) is 15.4. The van der Waals surface area contributed by atoms with Gasteiger partial charge in [-0.25, -0.2) is 14.5 Å². The molecule has 0 bridgehead atoms. The van der Waals surface area contributed by atoms with Gasteiger partial charge in [0.2, 0.25) is 0 Å². The van der Waals surface area contributed by atoms with Gasteiger partial charge >= 0.3 is 5.97 Å². The summed E-state index contributed by atoms with van der Waals surface area (Å²) in [6, 6.07) is 1.92. The molecule has 0 unspecified atom stereocenters. The summed E-state index contributed by atoms with van der Waals surface area (Å²) >= 11 is 0. The molecular weight excluding hydrogens is 332 g/mol. The van der Waals surface area contributed by atoms with Gasteiger partial charge in [-0.2, -0.15) is 5.10 Å². The number of aryl methyl sites for hydroxylation is 2. The quantitative estimate of drug-likeness (QED) is 0.729. The van der Waals surface area contributed by atoms with Crippen LogP contribution in [0.25, 0.3) is 22.2 Å². The van der Waals surface area contributed by atoms with Gasteiger partial charge in [0.25, 0.3) is 0 Å². The Hall–Kier alpha value is -2.80. The van der Waals surface area contributed by atoms with Gasteiger partial charge in [-0.05, 0) is 39.3 Å². The highest BCUT2D eigenvalue weighted by atomic mass is 16.5. The number of carboxylic acids is 1. The molecule has 0 radical (unpaired) electrons. The number of rotatable bonds is 6. The van der Waals surface area contributed by atoms with Crippen molar-refractivity contribution in [2.75, 3.05) is 0 Å². The van der Waals surface area contributed by atoms with E-state index in [1.165, 1.54) is 0 Å². The van der Waals surface area contributed by atoms with Crippen LogP contribution in [0.15, 0.2) is 24.7 Å². The van der Waals surface area contributed by atoms with Crippen molar-refractivity contribution < 1.29 is 14.6 Å². The van der Waals surface area contributed by atoms with E-state index in [0.717, 1.165) is 11.1 Å². The Bertz CT molecular complexity index is 963.